The molecule has 1 aromatic heterocycles. The van der Waals surface area contributed by atoms with Gasteiger partial charge in [-0.25, -0.2) is 18.4 Å². The summed E-state index contributed by atoms with van der Waals surface area (Å²) in [6, 6.07) is 8.88. The number of rotatable bonds is 5. The van der Waals surface area contributed by atoms with E-state index in [0.717, 1.165) is 11.8 Å². The molecule has 19 heavy (non-hydrogen) atoms. The smallest absolute Gasteiger partial charge is 0.229 e. The number of aromatic nitrogens is 2. The number of anilines is 2. The number of hydrogen-bond donors (Lipinski definition) is 2. The molecule has 0 spiro atoms. The van der Waals surface area contributed by atoms with Crippen LogP contribution in [0.1, 0.15) is 5.56 Å². The number of nitrogens with zero attached hydrogens (tertiary/aromatic N) is 2. The largest absolute Gasteiger partial charge is 0.350 e. The fourth-order valence-electron chi connectivity index (χ4n) is 1.53. The standard InChI is InChI=1S/C12H14N4O2S/c1-19(17,18)16-11-5-2-4-10(8-11)9-15-12-13-6-3-7-14-12/h2-8,16H,9H2,1H3,(H,13,14,15). The molecule has 0 aliphatic heterocycles. The third kappa shape index (κ3) is 4.55. The van der Waals surface area contributed by atoms with Gasteiger partial charge in [0.2, 0.25) is 16.0 Å². The quantitative estimate of drug-likeness (QED) is 0.865. The molecule has 0 amide bonds. The van der Waals surface area contributed by atoms with Crippen molar-refractivity contribution in [3.05, 3.63) is 48.3 Å². The summed E-state index contributed by atoms with van der Waals surface area (Å²) in [4.78, 5) is 8.08. The summed E-state index contributed by atoms with van der Waals surface area (Å²) in [6.07, 6.45) is 4.42. The zero-order valence-electron chi connectivity index (χ0n) is 10.4. The highest BCUT2D eigenvalue weighted by Gasteiger charge is 2.02. The SMILES string of the molecule is CS(=O)(=O)Nc1cccc(CNc2ncccn2)c1. The Kier molecular flexibility index (Phi) is 3.96. The first-order chi connectivity index (χ1) is 9.03. The minimum atomic E-state index is -3.26. The second kappa shape index (κ2) is 5.66. The van der Waals surface area contributed by atoms with Crippen molar-refractivity contribution >= 4 is 21.7 Å². The van der Waals surface area contributed by atoms with Crippen LogP contribution in [-0.4, -0.2) is 24.6 Å². The highest BCUT2D eigenvalue weighted by atomic mass is 32.2. The van der Waals surface area contributed by atoms with E-state index in [-0.39, 0.29) is 0 Å². The van der Waals surface area contributed by atoms with E-state index in [1.165, 1.54) is 0 Å². The zero-order valence-corrected chi connectivity index (χ0v) is 11.2. The second-order valence-electron chi connectivity index (χ2n) is 4.00. The zero-order chi connectivity index (χ0) is 13.7. The van der Waals surface area contributed by atoms with Gasteiger partial charge in [0, 0.05) is 24.6 Å². The van der Waals surface area contributed by atoms with Gasteiger partial charge in [0.25, 0.3) is 0 Å². The monoisotopic (exact) mass is 278 g/mol. The molecule has 1 heterocycles. The van der Waals surface area contributed by atoms with Crippen LogP contribution in [0.4, 0.5) is 11.6 Å². The van der Waals surface area contributed by atoms with Crippen molar-refractivity contribution in [1.82, 2.24) is 9.97 Å². The average Bonchev–Trinajstić information content (AvgIpc) is 2.36. The predicted octanol–water partition coefficient (Wildman–Crippen LogP) is 1.46. The molecular formula is C12H14N4O2S. The highest BCUT2D eigenvalue weighted by Crippen LogP contribution is 2.12. The van der Waals surface area contributed by atoms with E-state index in [1.807, 2.05) is 6.07 Å². The van der Waals surface area contributed by atoms with Gasteiger partial charge in [-0.2, -0.15) is 0 Å². The van der Waals surface area contributed by atoms with Crippen LogP contribution in [0.25, 0.3) is 0 Å². The fourth-order valence-corrected chi connectivity index (χ4v) is 2.09. The van der Waals surface area contributed by atoms with Crippen molar-refractivity contribution in [3.63, 3.8) is 0 Å². The van der Waals surface area contributed by atoms with Crippen LogP contribution in [0.2, 0.25) is 0 Å². The summed E-state index contributed by atoms with van der Waals surface area (Å²) in [5.41, 5.74) is 1.47. The minimum Gasteiger partial charge on any atom is -0.350 e. The number of benzene rings is 1. The molecule has 100 valence electrons. The van der Waals surface area contributed by atoms with E-state index >= 15 is 0 Å². The molecule has 0 unspecified atom stereocenters. The number of sulfonamides is 1. The Morgan fingerprint density at radius 2 is 1.89 bits per heavy atom. The van der Waals surface area contributed by atoms with Gasteiger partial charge in [-0.15, -0.1) is 0 Å². The molecule has 7 heteroatoms. The molecule has 0 aliphatic carbocycles. The molecule has 0 aliphatic rings. The van der Waals surface area contributed by atoms with Gasteiger partial charge >= 0.3 is 0 Å². The molecule has 0 saturated carbocycles. The van der Waals surface area contributed by atoms with E-state index in [9.17, 15) is 8.42 Å². The predicted molar refractivity (Wildman–Crippen MR) is 74.3 cm³/mol. The van der Waals surface area contributed by atoms with Crippen molar-refractivity contribution in [2.24, 2.45) is 0 Å². The van der Waals surface area contributed by atoms with Gasteiger partial charge in [0.05, 0.1) is 6.26 Å². The lowest BCUT2D eigenvalue weighted by Gasteiger charge is -2.07. The van der Waals surface area contributed by atoms with Crippen molar-refractivity contribution in [2.45, 2.75) is 6.54 Å². The lowest BCUT2D eigenvalue weighted by Crippen LogP contribution is -2.10. The Hall–Kier alpha value is -2.15. The molecule has 0 bridgehead atoms. The molecule has 0 saturated heterocycles. The Morgan fingerprint density at radius 3 is 2.58 bits per heavy atom. The van der Waals surface area contributed by atoms with E-state index in [4.69, 9.17) is 0 Å². The first-order valence-corrected chi connectivity index (χ1v) is 7.50. The average molecular weight is 278 g/mol. The van der Waals surface area contributed by atoms with E-state index in [2.05, 4.69) is 20.0 Å². The third-order valence-electron chi connectivity index (χ3n) is 2.25. The molecule has 6 nitrogen and oxygen atoms in total. The highest BCUT2D eigenvalue weighted by molar-refractivity contribution is 7.92. The maximum absolute atomic E-state index is 11.1. The lowest BCUT2D eigenvalue weighted by molar-refractivity contribution is 0.607. The van der Waals surface area contributed by atoms with Crippen LogP contribution in [0.15, 0.2) is 42.7 Å². The van der Waals surface area contributed by atoms with E-state index < -0.39 is 10.0 Å². The summed E-state index contributed by atoms with van der Waals surface area (Å²) < 4.78 is 24.7. The van der Waals surface area contributed by atoms with Crippen LogP contribution in [0, 0.1) is 0 Å². The Morgan fingerprint density at radius 1 is 1.16 bits per heavy atom. The summed E-state index contributed by atoms with van der Waals surface area (Å²) in [5.74, 6) is 0.531. The Balaban J connectivity index is 2.03. The van der Waals surface area contributed by atoms with Crippen LogP contribution >= 0.6 is 0 Å². The third-order valence-corrected chi connectivity index (χ3v) is 2.85. The van der Waals surface area contributed by atoms with Crippen molar-refractivity contribution in [1.29, 1.82) is 0 Å². The van der Waals surface area contributed by atoms with Gasteiger partial charge in [-0.05, 0) is 23.8 Å². The molecule has 2 aromatic rings. The summed E-state index contributed by atoms with van der Waals surface area (Å²) in [6.45, 7) is 0.517. The summed E-state index contributed by atoms with van der Waals surface area (Å²) in [5, 5.41) is 3.05. The van der Waals surface area contributed by atoms with Crippen LogP contribution in [0.3, 0.4) is 0 Å². The minimum absolute atomic E-state index is 0.517. The number of hydrogen-bond acceptors (Lipinski definition) is 5. The maximum atomic E-state index is 11.1. The van der Waals surface area contributed by atoms with Crippen LogP contribution < -0.4 is 10.0 Å². The molecule has 0 radical (unpaired) electrons. The molecule has 2 rings (SSSR count). The molecule has 2 N–H and O–H groups in total. The summed E-state index contributed by atoms with van der Waals surface area (Å²) in [7, 11) is -3.26. The van der Waals surface area contributed by atoms with Gasteiger partial charge in [-0.3, -0.25) is 4.72 Å². The van der Waals surface area contributed by atoms with Gasteiger partial charge in [0.15, 0.2) is 0 Å². The normalized spacial score (nSPS) is 11.0. The van der Waals surface area contributed by atoms with E-state index in [0.29, 0.717) is 18.2 Å². The maximum Gasteiger partial charge on any atom is 0.229 e. The Labute approximate surface area is 112 Å². The van der Waals surface area contributed by atoms with Crippen LogP contribution in [0.5, 0.6) is 0 Å². The molecule has 0 atom stereocenters. The first kappa shape index (κ1) is 13.3. The van der Waals surface area contributed by atoms with Crippen molar-refractivity contribution in [2.75, 3.05) is 16.3 Å². The summed E-state index contributed by atoms with van der Waals surface area (Å²) >= 11 is 0. The van der Waals surface area contributed by atoms with Gasteiger partial charge < -0.3 is 5.32 Å². The van der Waals surface area contributed by atoms with Gasteiger partial charge in [-0.1, -0.05) is 12.1 Å². The molecule has 0 fully saturated rings. The fraction of sp³-hybridized carbons (Fsp3) is 0.167. The number of nitrogens with one attached hydrogen (secondary N) is 2. The van der Waals surface area contributed by atoms with Crippen LogP contribution in [-0.2, 0) is 16.6 Å². The van der Waals surface area contributed by atoms with Gasteiger partial charge in [0.1, 0.15) is 0 Å². The molecule has 1 aromatic carbocycles. The topological polar surface area (TPSA) is 84.0 Å². The van der Waals surface area contributed by atoms with E-state index in [1.54, 1.807) is 36.7 Å². The molecular weight excluding hydrogens is 264 g/mol. The van der Waals surface area contributed by atoms with Crippen molar-refractivity contribution < 1.29 is 8.42 Å². The van der Waals surface area contributed by atoms with Crippen molar-refractivity contribution in [3.8, 4) is 0 Å². The Bertz CT molecular complexity index is 644. The lowest BCUT2D eigenvalue weighted by atomic mass is 10.2. The first-order valence-electron chi connectivity index (χ1n) is 5.60. The second-order valence-corrected chi connectivity index (χ2v) is 5.75.